The van der Waals surface area contributed by atoms with Crippen LogP contribution in [0.3, 0.4) is 0 Å². The van der Waals surface area contributed by atoms with Gasteiger partial charge in [0.25, 0.3) is 0 Å². The third-order valence-electron chi connectivity index (χ3n) is 4.18. The van der Waals surface area contributed by atoms with Crippen molar-refractivity contribution in [3.63, 3.8) is 0 Å². The summed E-state index contributed by atoms with van der Waals surface area (Å²) in [6.07, 6.45) is 2.48. The van der Waals surface area contributed by atoms with Gasteiger partial charge in [-0.25, -0.2) is 0 Å². The standard InChI is InChI=1S/C19H29NO/c1-15(2)18-6-8-19(9-7-18)21-11-5-10-20-13-16(3)12-17(4)14-20/h6-9,16-17H,1,5,10-14H2,2-4H3/t16-,17-/m0/s1. The number of ether oxygens (including phenoxy) is 1. The molecule has 0 unspecified atom stereocenters. The van der Waals surface area contributed by atoms with Crippen molar-refractivity contribution in [2.45, 2.75) is 33.6 Å². The first-order valence-corrected chi connectivity index (χ1v) is 8.15. The Balaban J connectivity index is 1.68. The van der Waals surface area contributed by atoms with Crippen molar-refractivity contribution in [2.75, 3.05) is 26.2 Å². The van der Waals surface area contributed by atoms with E-state index in [0.717, 1.165) is 42.7 Å². The second-order valence-corrected chi connectivity index (χ2v) is 6.71. The lowest BCUT2D eigenvalue weighted by molar-refractivity contribution is 0.132. The van der Waals surface area contributed by atoms with Crippen molar-refractivity contribution in [2.24, 2.45) is 11.8 Å². The topological polar surface area (TPSA) is 12.5 Å². The van der Waals surface area contributed by atoms with Crippen LogP contribution < -0.4 is 4.74 Å². The lowest BCUT2D eigenvalue weighted by atomic mass is 9.92. The van der Waals surface area contributed by atoms with Gasteiger partial charge in [0.1, 0.15) is 5.75 Å². The summed E-state index contributed by atoms with van der Waals surface area (Å²) in [5, 5.41) is 0. The first kappa shape index (κ1) is 16.1. The molecule has 0 saturated carbocycles. The Morgan fingerprint density at radius 1 is 1.19 bits per heavy atom. The molecule has 0 aromatic heterocycles. The fourth-order valence-corrected chi connectivity index (χ4v) is 3.29. The third kappa shape index (κ3) is 5.20. The third-order valence-corrected chi connectivity index (χ3v) is 4.18. The lowest BCUT2D eigenvalue weighted by Crippen LogP contribution is -2.39. The van der Waals surface area contributed by atoms with Crippen molar-refractivity contribution < 1.29 is 4.74 Å². The molecule has 1 saturated heterocycles. The Hall–Kier alpha value is -1.28. The molecule has 1 heterocycles. The maximum Gasteiger partial charge on any atom is 0.119 e. The van der Waals surface area contributed by atoms with Gasteiger partial charge in [-0.1, -0.05) is 38.1 Å². The van der Waals surface area contributed by atoms with E-state index in [2.05, 4.69) is 37.5 Å². The van der Waals surface area contributed by atoms with Crippen LogP contribution in [-0.4, -0.2) is 31.1 Å². The summed E-state index contributed by atoms with van der Waals surface area (Å²) in [4.78, 5) is 2.59. The zero-order valence-electron chi connectivity index (χ0n) is 13.8. The van der Waals surface area contributed by atoms with E-state index in [9.17, 15) is 0 Å². The molecule has 0 amide bonds. The van der Waals surface area contributed by atoms with E-state index in [4.69, 9.17) is 4.74 Å². The predicted octanol–water partition coefficient (Wildman–Crippen LogP) is 4.47. The van der Waals surface area contributed by atoms with Gasteiger partial charge < -0.3 is 9.64 Å². The molecule has 1 fully saturated rings. The SMILES string of the molecule is C=C(C)c1ccc(OCCCN2C[C@@H](C)C[C@H](C)C2)cc1. The summed E-state index contributed by atoms with van der Waals surface area (Å²) in [7, 11) is 0. The van der Waals surface area contributed by atoms with E-state index in [1.165, 1.54) is 25.1 Å². The molecule has 0 N–H and O–H groups in total. The van der Waals surface area contributed by atoms with Gasteiger partial charge in [0, 0.05) is 19.6 Å². The van der Waals surface area contributed by atoms with Crippen LogP contribution in [0.25, 0.3) is 5.57 Å². The number of hydrogen-bond acceptors (Lipinski definition) is 2. The number of piperidine rings is 1. The highest BCUT2D eigenvalue weighted by atomic mass is 16.5. The van der Waals surface area contributed by atoms with Gasteiger partial charge in [-0.15, -0.1) is 0 Å². The molecule has 0 aliphatic carbocycles. The van der Waals surface area contributed by atoms with E-state index in [0.29, 0.717) is 0 Å². The highest BCUT2D eigenvalue weighted by Crippen LogP contribution is 2.21. The fourth-order valence-electron chi connectivity index (χ4n) is 3.29. The molecule has 1 aliphatic rings. The number of benzene rings is 1. The number of hydrogen-bond donors (Lipinski definition) is 0. The quantitative estimate of drug-likeness (QED) is 0.716. The second kappa shape index (κ2) is 7.65. The van der Waals surface area contributed by atoms with Crippen molar-refractivity contribution in [3.05, 3.63) is 36.4 Å². The molecule has 116 valence electrons. The summed E-state index contributed by atoms with van der Waals surface area (Å²) in [5.41, 5.74) is 2.27. The Bertz CT molecular complexity index is 441. The second-order valence-electron chi connectivity index (χ2n) is 6.71. The molecule has 0 bridgehead atoms. The minimum absolute atomic E-state index is 0.797. The number of allylic oxidation sites excluding steroid dienone is 1. The molecule has 2 nitrogen and oxygen atoms in total. The van der Waals surface area contributed by atoms with Gasteiger partial charge in [0.05, 0.1) is 6.61 Å². The van der Waals surface area contributed by atoms with E-state index < -0.39 is 0 Å². The number of nitrogens with zero attached hydrogens (tertiary/aromatic N) is 1. The average Bonchev–Trinajstić information content (AvgIpc) is 2.43. The highest BCUT2D eigenvalue weighted by Gasteiger charge is 2.20. The van der Waals surface area contributed by atoms with Crippen LogP contribution in [0.1, 0.15) is 39.2 Å². The van der Waals surface area contributed by atoms with Crippen LogP contribution in [0, 0.1) is 11.8 Å². The first-order valence-electron chi connectivity index (χ1n) is 8.15. The average molecular weight is 287 g/mol. The van der Waals surface area contributed by atoms with Crippen LogP contribution in [0.15, 0.2) is 30.8 Å². The molecule has 2 heteroatoms. The summed E-state index contributed by atoms with van der Waals surface area (Å²) in [6.45, 7) is 15.1. The first-order chi connectivity index (χ1) is 10.0. The predicted molar refractivity (Wildman–Crippen MR) is 90.6 cm³/mol. The van der Waals surface area contributed by atoms with Gasteiger partial charge in [-0.3, -0.25) is 0 Å². The van der Waals surface area contributed by atoms with Gasteiger partial charge >= 0.3 is 0 Å². The Kier molecular flexibility index (Phi) is 5.86. The molecule has 21 heavy (non-hydrogen) atoms. The Morgan fingerprint density at radius 2 is 1.81 bits per heavy atom. The summed E-state index contributed by atoms with van der Waals surface area (Å²) in [5.74, 6) is 2.63. The minimum atomic E-state index is 0.797. The fraction of sp³-hybridized carbons (Fsp3) is 0.579. The monoisotopic (exact) mass is 287 g/mol. The molecule has 1 aromatic carbocycles. The summed E-state index contributed by atoms with van der Waals surface area (Å²) < 4.78 is 5.83. The maximum absolute atomic E-state index is 5.83. The largest absolute Gasteiger partial charge is 0.494 e. The van der Waals surface area contributed by atoms with Gasteiger partial charge in [0.2, 0.25) is 0 Å². The molecule has 1 aromatic rings. The number of likely N-dealkylation sites (tertiary alicyclic amines) is 1. The molecule has 0 spiro atoms. The lowest BCUT2D eigenvalue weighted by Gasteiger charge is -2.34. The van der Waals surface area contributed by atoms with Crippen molar-refractivity contribution >= 4 is 5.57 Å². The van der Waals surface area contributed by atoms with E-state index >= 15 is 0 Å². The van der Waals surface area contributed by atoms with E-state index in [-0.39, 0.29) is 0 Å². The normalized spacial score (nSPS) is 23.0. The summed E-state index contributed by atoms with van der Waals surface area (Å²) >= 11 is 0. The molecular formula is C19H29NO. The molecule has 2 atom stereocenters. The van der Waals surface area contributed by atoms with Crippen molar-refractivity contribution in [1.82, 2.24) is 4.90 Å². The smallest absolute Gasteiger partial charge is 0.119 e. The molecule has 2 rings (SSSR count). The Morgan fingerprint density at radius 3 is 2.38 bits per heavy atom. The number of rotatable bonds is 6. The van der Waals surface area contributed by atoms with Gasteiger partial charge in [-0.05, 0) is 49.3 Å². The Labute approximate surface area is 129 Å². The maximum atomic E-state index is 5.83. The van der Waals surface area contributed by atoms with Crippen LogP contribution in [0.4, 0.5) is 0 Å². The van der Waals surface area contributed by atoms with Crippen LogP contribution in [-0.2, 0) is 0 Å². The van der Waals surface area contributed by atoms with Crippen LogP contribution >= 0.6 is 0 Å². The van der Waals surface area contributed by atoms with E-state index in [1.807, 2.05) is 19.1 Å². The van der Waals surface area contributed by atoms with Gasteiger partial charge in [0.15, 0.2) is 0 Å². The summed E-state index contributed by atoms with van der Waals surface area (Å²) in [6, 6.07) is 8.22. The van der Waals surface area contributed by atoms with Crippen molar-refractivity contribution in [1.29, 1.82) is 0 Å². The molecular weight excluding hydrogens is 258 g/mol. The van der Waals surface area contributed by atoms with Gasteiger partial charge in [-0.2, -0.15) is 0 Å². The van der Waals surface area contributed by atoms with Crippen LogP contribution in [0.5, 0.6) is 5.75 Å². The minimum Gasteiger partial charge on any atom is -0.494 e. The van der Waals surface area contributed by atoms with Crippen LogP contribution in [0.2, 0.25) is 0 Å². The zero-order chi connectivity index (χ0) is 15.2. The molecule has 1 aliphatic heterocycles. The van der Waals surface area contributed by atoms with E-state index in [1.54, 1.807) is 0 Å². The zero-order valence-corrected chi connectivity index (χ0v) is 13.8. The highest BCUT2D eigenvalue weighted by molar-refractivity contribution is 5.61. The molecule has 0 radical (unpaired) electrons. The van der Waals surface area contributed by atoms with Crippen molar-refractivity contribution in [3.8, 4) is 5.75 Å².